The largest absolute Gasteiger partial charge is 0.374 e. The molecule has 1 aromatic heterocycles. The lowest BCUT2D eigenvalue weighted by atomic mass is 10.1. The molecule has 1 heterocycles. The average molecular weight is 191 g/mol. The van der Waals surface area contributed by atoms with E-state index in [1.807, 2.05) is 39.1 Å². The molecule has 0 aliphatic heterocycles. The summed E-state index contributed by atoms with van der Waals surface area (Å²) < 4.78 is 5.45. The van der Waals surface area contributed by atoms with Gasteiger partial charge in [0.1, 0.15) is 0 Å². The quantitative estimate of drug-likeness (QED) is 0.730. The van der Waals surface area contributed by atoms with Crippen molar-refractivity contribution in [1.29, 1.82) is 0 Å². The molecule has 1 atom stereocenters. The Morgan fingerprint density at radius 3 is 2.79 bits per heavy atom. The summed E-state index contributed by atoms with van der Waals surface area (Å²) in [5.74, 6) is 0. The molecular weight excluding hydrogens is 174 g/mol. The van der Waals surface area contributed by atoms with E-state index in [9.17, 15) is 0 Å². The van der Waals surface area contributed by atoms with Crippen molar-refractivity contribution in [3.05, 3.63) is 36.2 Å². The summed E-state index contributed by atoms with van der Waals surface area (Å²) in [4.78, 5) is 4.30. The van der Waals surface area contributed by atoms with Gasteiger partial charge in [-0.05, 0) is 38.0 Å². The molecule has 0 saturated heterocycles. The molecule has 2 nitrogen and oxygen atoms in total. The van der Waals surface area contributed by atoms with Crippen LogP contribution in [0, 0.1) is 6.92 Å². The Bertz CT molecular complexity index is 303. The number of ether oxygens (including phenoxy) is 1. The predicted molar refractivity (Wildman–Crippen MR) is 59.1 cm³/mol. The van der Waals surface area contributed by atoms with Gasteiger partial charge >= 0.3 is 0 Å². The fraction of sp³-hybridized carbons (Fsp3) is 0.417. The molecule has 1 aromatic rings. The van der Waals surface area contributed by atoms with Crippen LogP contribution in [0.15, 0.2) is 24.9 Å². The monoisotopic (exact) mass is 191 g/mol. The van der Waals surface area contributed by atoms with Crippen molar-refractivity contribution < 1.29 is 4.74 Å². The Morgan fingerprint density at radius 1 is 1.57 bits per heavy atom. The van der Waals surface area contributed by atoms with Crippen LogP contribution in [-0.4, -0.2) is 17.7 Å². The van der Waals surface area contributed by atoms with E-state index in [0.29, 0.717) is 6.61 Å². The van der Waals surface area contributed by atoms with Gasteiger partial charge in [-0.2, -0.15) is 0 Å². The first-order chi connectivity index (χ1) is 6.65. The summed E-state index contributed by atoms with van der Waals surface area (Å²) >= 11 is 0. The van der Waals surface area contributed by atoms with Gasteiger partial charge in [0.25, 0.3) is 0 Å². The summed E-state index contributed by atoms with van der Waals surface area (Å²) in [5.41, 5.74) is 3.01. The van der Waals surface area contributed by atoms with E-state index in [-0.39, 0.29) is 6.10 Å². The lowest BCUT2D eigenvalue weighted by molar-refractivity contribution is 0.116. The number of hydrogen-bond acceptors (Lipinski definition) is 2. The standard InChI is InChI=1S/C12H17NO/c1-5-14-11(4)10(3)12-7-6-9(2)8-13-12/h6-8,11H,3,5H2,1-2,4H3. The van der Waals surface area contributed by atoms with E-state index < -0.39 is 0 Å². The fourth-order valence-electron chi connectivity index (χ4n) is 1.22. The van der Waals surface area contributed by atoms with Crippen LogP contribution in [0.3, 0.4) is 0 Å². The molecular formula is C12H17NO. The smallest absolute Gasteiger partial charge is 0.0811 e. The minimum atomic E-state index is 0.0372. The van der Waals surface area contributed by atoms with Gasteiger partial charge in [-0.3, -0.25) is 4.98 Å². The zero-order chi connectivity index (χ0) is 10.6. The second-order valence-corrected chi connectivity index (χ2v) is 3.34. The maximum Gasteiger partial charge on any atom is 0.0811 e. The van der Waals surface area contributed by atoms with Gasteiger partial charge < -0.3 is 4.74 Å². The molecule has 0 amide bonds. The summed E-state index contributed by atoms with van der Waals surface area (Å²) in [6, 6.07) is 4.01. The van der Waals surface area contributed by atoms with E-state index in [0.717, 1.165) is 16.8 Å². The van der Waals surface area contributed by atoms with E-state index in [2.05, 4.69) is 11.6 Å². The van der Waals surface area contributed by atoms with Crippen LogP contribution in [0.25, 0.3) is 5.57 Å². The van der Waals surface area contributed by atoms with Gasteiger partial charge in [-0.25, -0.2) is 0 Å². The molecule has 1 unspecified atom stereocenters. The molecule has 0 fully saturated rings. The topological polar surface area (TPSA) is 22.1 Å². The van der Waals surface area contributed by atoms with Crippen molar-refractivity contribution >= 4 is 5.57 Å². The molecule has 0 bridgehead atoms. The van der Waals surface area contributed by atoms with E-state index in [4.69, 9.17) is 4.74 Å². The van der Waals surface area contributed by atoms with Crippen molar-refractivity contribution in [2.75, 3.05) is 6.61 Å². The van der Waals surface area contributed by atoms with E-state index in [1.54, 1.807) is 0 Å². The molecule has 0 N–H and O–H groups in total. The summed E-state index contributed by atoms with van der Waals surface area (Å²) in [6.07, 6.45) is 1.88. The molecule has 0 aromatic carbocycles. The number of aryl methyl sites for hydroxylation is 1. The van der Waals surface area contributed by atoms with Crippen LogP contribution in [0.4, 0.5) is 0 Å². The Balaban J connectivity index is 2.74. The first-order valence-corrected chi connectivity index (χ1v) is 4.88. The van der Waals surface area contributed by atoms with Crippen molar-refractivity contribution in [3.8, 4) is 0 Å². The molecule has 14 heavy (non-hydrogen) atoms. The SMILES string of the molecule is C=C(c1ccc(C)cn1)C(C)OCC. The molecule has 2 heteroatoms. The van der Waals surface area contributed by atoms with E-state index >= 15 is 0 Å². The minimum Gasteiger partial charge on any atom is -0.374 e. The van der Waals surface area contributed by atoms with E-state index in [1.165, 1.54) is 0 Å². The minimum absolute atomic E-state index is 0.0372. The Kier molecular flexibility index (Phi) is 3.84. The zero-order valence-corrected chi connectivity index (χ0v) is 9.08. The van der Waals surface area contributed by atoms with Crippen LogP contribution in [0.2, 0.25) is 0 Å². The lowest BCUT2D eigenvalue weighted by Crippen LogP contribution is -2.10. The first-order valence-electron chi connectivity index (χ1n) is 4.88. The van der Waals surface area contributed by atoms with Gasteiger partial charge in [0, 0.05) is 12.8 Å². The van der Waals surface area contributed by atoms with Gasteiger partial charge in [-0.1, -0.05) is 12.6 Å². The molecule has 76 valence electrons. The average Bonchev–Trinajstić information content (AvgIpc) is 2.18. The van der Waals surface area contributed by atoms with Crippen molar-refractivity contribution in [1.82, 2.24) is 4.98 Å². The number of nitrogens with zero attached hydrogens (tertiary/aromatic N) is 1. The second-order valence-electron chi connectivity index (χ2n) is 3.34. The normalized spacial score (nSPS) is 12.5. The first kappa shape index (κ1) is 10.9. The highest BCUT2D eigenvalue weighted by Gasteiger charge is 2.08. The second kappa shape index (κ2) is 4.91. The maximum absolute atomic E-state index is 5.45. The third-order valence-electron chi connectivity index (χ3n) is 2.15. The third-order valence-corrected chi connectivity index (χ3v) is 2.15. The van der Waals surface area contributed by atoms with Gasteiger partial charge in [-0.15, -0.1) is 0 Å². The number of pyridine rings is 1. The Morgan fingerprint density at radius 2 is 2.29 bits per heavy atom. The van der Waals surface area contributed by atoms with Crippen LogP contribution in [-0.2, 0) is 4.74 Å². The Labute approximate surface area is 85.6 Å². The summed E-state index contributed by atoms with van der Waals surface area (Å²) in [6.45, 7) is 10.7. The van der Waals surface area contributed by atoms with Crippen LogP contribution in [0.1, 0.15) is 25.1 Å². The highest BCUT2D eigenvalue weighted by Crippen LogP contribution is 2.16. The molecule has 0 radical (unpaired) electrons. The maximum atomic E-state index is 5.45. The van der Waals surface area contributed by atoms with Crippen molar-refractivity contribution in [2.24, 2.45) is 0 Å². The molecule has 0 saturated carbocycles. The molecule has 0 aliphatic carbocycles. The fourth-order valence-corrected chi connectivity index (χ4v) is 1.22. The summed E-state index contributed by atoms with van der Waals surface area (Å²) in [7, 11) is 0. The highest BCUT2D eigenvalue weighted by atomic mass is 16.5. The van der Waals surface area contributed by atoms with Gasteiger partial charge in [0.05, 0.1) is 11.8 Å². The molecule has 0 aliphatic rings. The highest BCUT2D eigenvalue weighted by molar-refractivity contribution is 5.63. The number of aromatic nitrogens is 1. The van der Waals surface area contributed by atoms with Gasteiger partial charge in [0.15, 0.2) is 0 Å². The predicted octanol–water partition coefficient (Wildman–Crippen LogP) is 2.83. The van der Waals surface area contributed by atoms with Crippen LogP contribution < -0.4 is 0 Å². The van der Waals surface area contributed by atoms with Crippen LogP contribution in [0.5, 0.6) is 0 Å². The number of rotatable bonds is 4. The summed E-state index contributed by atoms with van der Waals surface area (Å²) in [5, 5.41) is 0. The molecule has 0 spiro atoms. The zero-order valence-electron chi connectivity index (χ0n) is 9.08. The number of hydrogen-bond donors (Lipinski definition) is 0. The lowest BCUT2D eigenvalue weighted by Gasteiger charge is -2.14. The van der Waals surface area contributed by atoms with Gasteiger partial charge in [0.2, 0.25) is 0 Å². The Hall–Kier alpha value is -1.15. The molecule has 1 rings (SSSR count). The van der Waals surface area contributed by atoms with Crippen molar-refractivity contribution in [2.45, 2.75) is 26.9 Å². The van der Waals surface area contributed by atoms with Crippen molar-refractivity contribution in [3.63, 3.8) is 0 Å². The third kappa shape index (κ3) is 2.67. The van der Waals surface area contributed by atoms with Crippen LogP contribution >= 0.6 is 0 Å².